The molecule has 1 aliphatic rings. The van der Waals surface area contributed by atoms with Crippen LogP contribution in [0.1, 0.15) is 17.3 Å². The monoisotopic (exact) mass is 281 g/mol. The number of anilines is 1. The number of urea groups is 1. The summed E-state index contributed by atoms with van der Waals surface area (Å²) in [5, 5.41) is 12.0. The average Bonchev–Trinajstić information content (AvgIpc) is 2.39. The highest BCUT2D eigenvalue weighted by Crippen LogP contribution is 2.18. The first-order valence-corrected chi connectivity index (χ1v) is 6.97. The summed E-state index contributed by atoms with van der Waals surface area (Å²) in [6.45, 7) is 3.48. The first kappa shape index (κ1) is 13.7. The van der Waals surface area contributed by atoms with Gasteiger partial charge in [0.2, 0.25) is 0 Å². The number of carbonyl (C=O) groups is 2. The molecular weight excluding hydrogens is 266 g/mol. The Labute approximate surface area is 115 Å². The van der Waals surface area contributed by atoms with Crippen LogP contribution < -0.4 is 5.32 Å². The molecule has 0 bridgehead atoms. The van der Waals surface area contributed by atoms with Crippen molar-refractivity contribution in [2.75, 3.05) is 24.2 Å². The van der Waals surface area contributed by atoms with Crippen LogP contribution in [-0.4, -0.2) is 51.1 Å². The van der Waals surface area contributed by atoms with E-state index in [0.717, 1.165) is 5.75 Å². The predicted octanol–water partition coefficient (Wildman–Crippen LogP) is 1.75. The molecule has 1 aliphatic heterocycles. The highest BCUT2D eigenvalue weighted by Gasteiger charge is 2.21. The molecule has 2 rings (SSSR count). The summed E-state index contributed by atoms with van der Waals surface area (Å²) in [4.78, 5) is 28.4. The molecule has 1 saturated heterocycles. The van der Waals surface area contributed by atoms with Crippen molar-refractivity contribution in [3.63, 3.8) is 0 Å². The van der Waals surface area contributed by atoms with Crippen molar-refractivity contribution in [3.8, 4) is 0 Å². The van der Waals surface area contributed by atoms with Gasteiger partial charge in [0.15, 0.2) is 0 Å². The van der Waals surface area contributed by atoms with Crippen molar-refractivity contribution in [3.05, 3.63) is 24.0 Å². The first-order valence-electron chi connectivity index (χ1n) is 5.92. The number of hydrogen-bond donors (Lipinski definition) is 2. The molecular formula is C12H15N3O3S. The van der Waals surface area contributed by atoms with Gasteiger partial charge in [0.05, 0.1) is 17.4 Å². The Kier molecular flexibility index (Phi) is 4.26. The topological polar surface area (TPSA) is 82.5 Å². The molecule has 1 aromatic heterocycles. The summed E-state index contributed by atoms with van der Waals surface area (Å²) in [6.07, 6.45) is 2.68. The van der Waals surface area contributed by atoms with E-state index in [-0.39, 0.29) is 11.6 Å². The zero-order valence-corrected chi connectivity index (χ0v) is 11.3. The smallest absolute Gasteiger partial charge is 0.337 e. The van der Waals surface area contributed by atoms with Crippen LogP contribution in [0.3, 0.4) is 0 Å². The fraction of sp³-hybridized carbons (Fsp3) is 0.417. The standard InChI is InChI=1S/C12H15N3O3S/c1-8-7-15(2-3-19-8)12(18)14-10-4-9(11(16)17)5-13-6-10/h4-6,8H,2-3,7H2,1H3,(H,14,18)(H,16,17). The number of pyridine rings is 1. The second-order valence-electron chi connectivity index (χ2n) is 4.33. The van der Waals surface area contributed by atoms with Crippen molar-refractivity contribution in [1.29, 1.82) is 0 Å². The molecule has 0 aliphatic carbocycles. The summed E-state index contributed by atoms with van der Waals surface area (Å²) in [5.41, 5.74) is 0.455. The third-order valence-electron chi connectivity index (χ3n) is 2.76. The second-order valence-corrected chi connectivity index (χ2v) is 5.87. The highest BCUT2D eigenvalue weighted by molar-refractivity contribution is 7.99. The van der Waals surface area contributed by atoms with E-state index < -0.39 is 5.97 Å². The normalized spacial score (nSPS) is 19.0. The minimum absolute atomic E-state index is 0.0559. The maximum Gasteiger partial charge on any atom is 0.337 e. The van der Waals surface area contributed by atoms with Crippen molar-refractivity contribution in [2.45, 2.75) is 12.2 Å². The van der Waals surface area contributed by atoms with Gasteiger partial charge >= 0.3 is 12.0 Å². The minimum atomic E-state index is -1.06. The molecule has 1 atom stereocenters. The summed E-state index contributed by atoms with van der Waals surface area (Å²) >= 11 is 1.84. The van der Waals surface area contributed by atoms with Gasteiger partial charge in [-0.1, -0.05) is 6.92 Å². The fourth-order valence-electron chi connectivity index (χ4n) is 1.83. The lowest BCUT2D eigenvalue weighted by atomic mass is 10.2. The van der Waals surface area contributed by atoms with E-state index in [0.29, 0.717) is 24.0 Å². The Morgan fingerprint density at radius 1 is 1.53 bits per heavy atom. The molecule has 0 radical (unpaired) electrons. The molecule has 102 valence electrons. The molecule has 1 fully saturated rings. The molecule has 2 heterocycles. The van der Waals surface area contributed by atoms with Crippen LogP contribution in [0.4, 0.5) is 10.5 Å². The van der Waals surface area contributed by atoms with Crippen LogP contribution in [0, 0.1) is 0 Å². The van der Waals surface area contributed by atoms with Crippen LogP contribution in [0.5, 0.6) is 0 Å². The quantitative estimate of drug-likeness (QED) is 0.863. The van der Waals surface area contributed by atoms with E-state index in [2.05, 4.69) is 17.2 Å². The Hall–Kier alpha value is -1.76. The van der Waals surface area contributed by atoms with Gasteiger partial charge in [-0.3, -0.25) is 4.98 Å². The summed E-state index contributed by atoms with van der Waals surface area (Å²) < 4.78 is 0. The van der Waals surface area contributed by atoms with Gasteiger partial charge in [0.1, 0.15) is 0 Å². The molecule has 1 aromatic rings. The molecule has 19 heavy (non-hydrogen) atoms. The zero-order chi connectivity index (χ0) is 13.8. The van der Waals surface area contributed by atoms with Crippen LogP contribution in [0.15, 0.2) is 18.5 Å². The number of aromatic nitrogens is 1. The summed E-state index contributed by atoms with van der Waals surface area (Å²) in [5.74, 6) is -0.145. The maximum atomic E-state index is 12.0. The first-order chi connectivity index (χ1) is 9.06. The number of amides is 2. The van der Waals surface area contributed by atoms with E-state index in [9.17, 15) is 9.59 Å². The van der Waals surface area contributed by atoms with E-state index in [1.165, 1.54) is 18.5 Å². The number of nitrogens with one attached hydrogen (secondary N) is 1. The lowest BCUT2D eigenvalue weighted by Crippen LogP contribution is -2.43. The number of nitrogens with zero attached hydrogens (tertiary/aromatic N) is 2. The van der Waals surface area contributed by atoms with Crippen molar-refractivity contribution >= 4 is 29.4 Å². The predicted molar refractivity (Wildman–Crippen MR) is 73.7 cm³/mol. The van der Waals surface area contributed by atoms with E-state index in [1.807, 2.05) is 11.8 Å². The lowest BCUT2D eigenvalue weighted by molar-refractivity contribution is 0.0696. The summed E-state index contributed by atoms with van der Waals surface area (Å²) in [6, 6.07) is 1.19. The average molecular weight is 281 g/mol. The minimum Gasteiger partial charge on any atom is -0.478 e. The van der Waals surface area contributed by atoms with Crippen molar-refractivity contribution in [2.24, 2.45) is 0 Å². The van der Waals surface area contributed by atoms with Crippen LogP contribution in [0.25, 0.3) is 0 Å². The number of carboxylic acid groups (broad SMARTS) is 1. The van der Waals surface area contributed by atoms with E-state index in [1.54, 1.807) is 4.90 Å². The highest BCUT2D eigenvalue weighted by atomic mass is 32.2. The van der Waals surface area contributed by atoms with E-state index in [4.69, 9.17) is 5.11 Å². The number of hydrogen-bond acceptors (Lipinski definition) is 4. The Balaban J connectivity index is 2.02. The number of carbonyl (C=O) groups excluding carboxylic acids is 1. The van der Waals surface area contributed by atoms with Crippen LogP contribution in [0.2, 0.25) is 0 Å². The molecule has 6 nitrogen and oxygen atoms in total. The Morgan fingerprint density at radius 2 is 2.32 bits per heavy atom. The van der Waals surface area contributed by atoms with Gasteiger partial charge in [-0.2, -0.15) is 11.8 Å². The number of thioether (sulfide) groups is 1. The molecule has 2 N–H and O–H groups in total. The summed E-state index contributed by atoms with van der Waals surface area (Å²) in [7, 11) is 0. The molecule has 2 amide bonds. The Bertz CT molecular complexity index is 495. The molecule has 7 heteroatoms. The fourth-order valence-corrected chi connectivity index (χ4v) is 2.84. The van der Waals surface area contributed by atoms with Gasteiger partial charge < -0.3 is 15.3 Å². The number of rotatable bonds is 2. The molecule has 0 spiro atoms. The van der Waals surface area contributed by atoms with E-state index >= 15 is 0 Å². The maximum absolute atomic E-state index is 12.0. The zero-order valence-electron chi connectivity index (χ0n) is 10.5. The van der Waals surface area contributed by atoms with Gasteiger partial charge in [0.25, 0.3) is 0 Å². The van der Waals surface area contributed by atoms with Gasteiger partial charge in [-0.05, 0) is 6.07 Å². The van der Waals surface area contributed by atoms with Crippen molar-refractivity contribution in [1.82, 2.24) is 9.88 Å². The Morgan fingerprint density at radius 3 is 3.00 bits per heavy atom. The number of carboxylic acids is 1. The van der Waals surface area contributed by atoms with Gasteiger partial charge in [-0.25, -0.2) is 9.59 Å². The number of aromatic carboxylic acids is 1. The van der Waals surface area contributed by atoms with Crippen molar-refractivity contribution < 1.29 is 14.7 Å². The second kappa shape index (κ2) is 5.92. The van der Waals surface area contributed by atoms with Gasteiger partial charge in [-0.15, -0.1) is 0 Å². The van der Waals surface area contributed by atoms with Crippen LogP contribution >= 0.6 is 11.8 Å². The molecule has 0 aromatic carbocycles. The third-order valence-corrected chi connectivity index (χ3v) is 3.90. The molecule has 0 saturated carbocycles. The SMILES string of the molecule is CC1CN(C(=O)Nc2cncc(C(=O)O)c2)CCS1. The molecule has 1 unspecified atom stereocenters. The lowest BCUT2D eigenvalue weighted by Gasteiger charge is -2.30. The van der Waals surface area contributed by atoms with Crippen LogP contribution in [-0.2, 0) is 0 Å². The van der Waals surface area contributed by atoms with Gasteiger partial charge in [0, 0.05) is 30.3 Å². The largest absolute Gasteiger partial charge is 0.478 e. The third kappa shape index (κ3) is 3.60.